The van der Waals surface area contributed by atoms with Crippen LogP contribution in [0.3, 0.4) is 0 Å². The van der Waals surface area contributed by atoms with Gasteiger partial charge in [0.2, 0.25) is 10.0 Å². The van der Waals surface area contributed by atoms with Crippen molar-refractivity contribution in [2.45, 2.75) is 18.3 Å². The van der Waals surface area contributed by atoms with Crippen LogP contribution in [0.15, 0.2) is 18.2 Å². The second-order valence-electron chi connectivity index (χ2n) is 3.89. The third-order valence-corrected chi connectivity index (χ3v) is 4.49. The fourth-order valence-corrected chi connectivity index (χ4v) is 2.31. The molecule has 0 aromatic heterocycles. The molecule has 0 fully saturated rings. The van der Waals surface area contributed by atoms with Gasteiger partial charge in [0.1, 0.15) is 0 Å². The molecule has 0 saturated heterocycles. The second-order valence-corrected chi connectivity index (χ2v) is 6.39. The molecule has 1 atom stereocenters. The summed E-state index contributed by atoms with van der Waals surface area (Å²) in [5, 5.41) is -1.07. The van der Waals surface area contributed by atoms with E-state index in [2.05, 4.69) is 0 Å². The third-order valence-electron chi connectivity index (χ3n) is 2.41. The average molecular weight is 317 g/mol. The van der Waals surface area contributed by atoms with Gasteiger partial charge in [-0.05, 0) is 25.1 Å². The fraction of sp³-hybridized carbons (Fsp3) is 0.400. The van der Waals surface area contributed by atoms with Crippen LogP contribution in [0.2, 0.25) is 5.02 Å². The molecule has 4 nitrogen and oxygen atoms in total. The van der Waals surface area contributed by atoms with Gasteiger partial charge in [0.05, 0.1) is 21.5 Å². The van der Waals surface area contributed by atoms with Gasteiger partial charge in [-0.1, -0.05) is 11.6 Å². The monoisotopic (exact) mass is 316 g/mol. The van der Waals surface area contributed by atoms with E-state index in [9.17, 15) is 21.6 Å². The van der Waals surface area contributed by atoms with E-state index in [1.807, 2.05) is 4.72 Å². The molecule has 0 aliphatic carbocycles. The van der Waals surface area contributed by atoms with Crippen LogP contribution in [0.1, 0.15) is 12.5 Å². The molecule has 0 aliphatic rings. The number of sulfonamides is 1. The van der Waals surface area contributed by atoms with E-state index in [1.54, 1.807) is 0 Å². The van der Waals surface area contributed by atoms with E-state index >= 15 is 0 Å². The molecular formula is C10H12ClF3N2O2S. The Morgan fingerprint density at radius 2 is 2.00 bits per heavy atom. The van der Waals surface area contributed by atoms with Crippen LogP contribution in [0.5, 0.6) is 0 Å². The smallest absolute Gasteiger partial charge is 0.329 e. The SMILES string of the molecule is CC(CN)S(=O)(=O)Nc1cc(C(F)(F)F)ccc1Cl. The number of nitrogens with two attached hydrogens (primary N) is 1. The van der Waals surface area contributed by atoms with Crippen molar-refractivity contribution in [1.82, 2.24) is 0 Å². The van der Waals surface area contributed by atoms with E-state index < -0.39 is 27.0 Å². The first kappa shape index (κ1) is 16.1. The molecule has 1 unspecified atom stereocenters. The Morgan fingerprint density at radius 3 is 2.47 bits per heavy atom. The standard InChI is InChI=1S/C10H12ClF3N2O2S/c1-6(5-15)19(17,18)16-9-4-7(10(12,13)14)2-3-8(9)11/h2-4,6,16H,5,15H2,1H3. The number of nitrogens with one attached hydrogen (secondary N) is 1. The molecule has 1 rings (SSSR count). The van der Waals surface area contributed by atoms with Crippen molar-refractivity contribution in [1.29, 1.82) is 0 Å². The highest BCUT2D eigenvalue weighted by Crippen LogP contribution is 2.34. The molecule has 0 saturated carbocycles. The molecule has 19 heavy (non-hydrogen) atoms. The van der Waals surface area contributed by atoms with Crippen molar-refractivity contribution in [2.75, 3.05) is 11.3 Å². The van der Waals surface area contributed by atoms with Crippen LogP contribution >= 0.6 is 11.6 Å². The quantitative estimate of drug-likeness (QED) is 0.896. The molecule has 3 N–H and O–H groups in total. The maximum absolute atomic E-state index is 12.5. The van der Waals surface area contributed by atoms with Crippen molar-refractivity contribution < 1.29 is 21.6 Å². The van der Waals surface area contributed by atoms with Gasteiger partial charge in [0, 0.05) is 6.54 Å². The lowest BCUT2D eigenvalue weighted by Crippen LogP contribution is -2.31. The first-order chi connectivity index (χ1) is 8.58. The topological polar surface area (TPSA) is 72.2 Å². The summed E-state index contributed by atoms with van der Waals surface area (Å²) in [6.07, 6.45) is -4.58. The van der Waals surface area contributed by atoms with E-state index in [0.717, 1.165) is 12.1 Å². The number of anilines is 1. The highest BCUT2D eigenvalue weighted by Gasteiger charge is 2.31. The Kier molecular flexibility index (Phi) is 4.70. The van der Waals surface area contributed by atoms with Crippen molar-refractivity contribution in [3.8, 4) is 0 Å². The molecule has 0 bridgehead atoms. The highest BCUT2D eigenvalue weighted by molar-refractivity contribution is 7.93. The summed E-state index contributed by atoms with van der Waals surface area (Å²) >= 11 is 5.67. The normalized spacial score (nSPS) is 14.2. The number of benzene rings is 1. The Bertz CT molecular complexity index is 560. The number of alkyl halides is 3. The van der Waals surface area contributed by atoms with E-state index in [4.69, 9.17) is 17.3 Å². The Balaban J connectivity index is 3.15. The van der Waals surface area contributed by atoms with Crippen molar-refractivity contribution in [3.63, 3.8) is 0 Å². The molecule has 0 radical (unpaired) electrons. The molecule has 0 spiro atoms. The van der Waals surface area contributed by atoms with Crippen LogP contribution in [0.25, 0.3) is 0 Å². The predicted octanol–water partition coefficient (Wildman–Crippen LogP) is 2.45. The number of hydrogen-bond acceptors (Lipinski definition) is 3. The molecule has 0 heterocycles. The zero-order valence-electron chi connectivity index (χ0n) is 9.83. The minimum Gasteiger partial charge on any atom is -0.329 e. The zero-order valence-corrected chi connectivity index (χ0v) is 11.4. The summed E-state index contributed by atoms with van der Waals surface area (Å²) in [4.78, 5) is 0. The summed E-state index contributed by atoms with van der Waals surface area (Å²) in [6.45, 7) is 1.18. The van der Waals surface area contributed by atoms with Crippen molar-refractivity contribution in [3.05, 3.63) is 28.8 Å². The fourth-order valence-electron chi connectivity index (χ4n) is 1.16. The van der Waals surface area contributed by atoms with Gasteiger partial charge in [0.25, 0.3) is 0 Å². The summed E-state index contributed by atoms with van der Waals surface area (Å²) in [6, 6.07) is 2.39. The van der Waals surface area contributed by atoms with Gasteiger partial charge in [-0.2, -0.15) is 13.2 Å². The lowest BCUT2D eigenvalue weighted by atomic mass is 10.2. The van der Waals surface area contributed by atoms with Gasteiger partial charge in [-0.15, -0.1) is 0 Å². The number of halogens is 4. The molecule has 0 amide bonds. The maximum Gasteiger partial charge on any atom is 0.416 e. The molecule has 1 aromatic carbocycles. The van der Waals surface area contributed by atoms with E-state index in [-0.39, 0.29) is 17.3 Å². The van der Waals surface area contributed by atoms with Gasteiger partial charge in [-0.3, -0.25) is 4.72 Å². The first-order valence-corrected chi connectivity index (χ1v) is 7.09. The maximum atomic E-state index is 12.5. The predicted molar refractivity (Wildman–Crippen MR) is 67.5 cm³/mol. The Labute approximate surface area is 113 Å². The minimum atomic E-state index is -4.58. The van der Waals surface area contributed by atoms with Gasteiger partial charge in [0.15, 0.2) is 0 Å². The van der Waals surface area contributed by atoms with Gasteiger partial charge in [-0.25, -0.2) is 8.42 Å². The summed E-state index contributed by atoms with van der Waals surface area (Å²) in [7, 11) is -3.87. The van der Waals surface area contributed by atoms with Gasteiger partial charge >= 0.3 is 6.18 Å². The van der Waals surface area contributed by atoms with Crippen LogP contribution in [-0.2, 0) is 16.2 Å². The van der Waals surface area contributed by atoms with Crippen LogP contribution in [0.4, 0.5) is 18.9 Å². The van der Waals surface area contributed by atoms with Crippen LogP contribution < -0.4 is 10.5 Å². The first-order valence-electron chi connectivity index (χ1n) is 5.16. The van der Waals surface area contributed by atoms with Gasteiger partial charge < -0.3 is 5.73 Å². The minimum absolute atomic E-state index is 0.124. The van der Waals surface area contributed by atoms with E-state index in [0.29, 0.717) is 6.07 Å². The summed E-state index contributed by atoms with van der Waals surface area (Å²) in [5.41, 5.74) is 3.90. The number of hydrogen-bond donors (Lipinski definition) is 2. The number of rotatable bonds is 4. The third kappa shape index (κ3) is 3.99. The molecular weight excluding hydrogens is 305 g/mol. The average Bonchev–Trinajstić information content (AvgIpc) is 2.29. The summed E-state index contributed by atoms with van der Waals surface area (Å²) < 4.78 is 63.0. The Hall–Kier alpha value is -0.990. The lowest BCUT2D eigenvalue weighted by Gasteiger charge is -2.15. The molecule has 1 aromatic rings. The summed E-state index contributed by atoms with van der Waals surface area (Å²) in [5.74, 6) is 0. The van der Waals surface area contributed by atoms with Crippen LogP contribution in [-0.4, -0.2) is 20.2 Å². The largest absolute Gasteiger partial charge is 0.416 e. The molecule has 108 valence electrons. The van der Waals surface area contributed by atoms with Crippen molar-refractivity contribution in [2.24, 2.45) is 5.73 Å². The van der Waals surface area contributed by atoms with Crippen molar-refractivity contribution >= 4 is 27.3 Å². The Morgan fingerprint density at radius 1 is 1.42 bits per heavy atom. The second kappa shape index (κ2) is 5.56. The molecule has 9 heteroatoms. The van der Waals surface area contributed by atoms with E-state index in [1.165, 1.54) is 6.92 Å². The highest BCUT2D eigenvalue weighted by atomic mass is 35.5. The zero-order chi connectivity index (χ0) is 14.8. The van der Waals surface area contributed by atoms with Crippen LogP contribution in [0, 0.1) is 0 Å². The lowest BCUT2D eigenvalue weighted by molar-refractivity contribution is -0.137. The molecule has 0 aliphatic heterocycles.